The van der Waals surface area contributed by atoms with Gasteiger partial charge in [-0.3, -0.25) is 5.10 Å². The maximum Gasteiger partial charge on any atom is 0.214 e. The molecule has 1 aromatic heterocycles. The van der Waals surface area contributed by atoms with E-state index in [1.807, 2.05) is 0 Å². The SMILES string of the molecule is CC1(c2n[nH]c(=S)n2N)CCCCC1. The molecule has 1 fully saturated rings. The molecule has 0 radical (unpaired) electrons. The lowest BCUT2D eigenvalue weighted by Crippen LogP contribution is -2.31. The predicted octanol–water partition coefficient (Wildman–Crippen LogP) is 1.88. The standard InChI is InChI=1S/C9H16N4S/c1-9(5-3-2-4-6-9)7-11-12-8(14)13(7)10/h2-6,10H2,1H3,(H,12,14). The van der Waals surface area contributed by atoms with E-state index in [0.29, 0.717) is 4.77 Å². The van der Waals surface area contributed by atoms with E-state index in [1.54, 1.807) is 0 Å². The van der Waals surface area contributed by atoms with Crippen molar-refractivity contribution >= 4 is 12.2 Å². The molecule has 1 saturated carbocycles. The first-order valence-electron chi connectivity index (χ1n) is 5.06. The monoisotopic (exact) mass is 212 g/mol. The zero-order chi connectivity index (χ0) is 10.2. The van der Waals surface area contributed by atoms with Gasteiger partial charge in [-0.2, -0.15) is 5.10 Å². The van der Waals surface area contributed by atoms with Crippen LogP contribution < -0.4 is 5.84 Å². The number of rotatable bonds is 1. The van der Waals surface area contributed by atoms with Gasteiger partial charge in [0, 0.05) is 5.41 Å². The predicted molar refractivity (Wildman–Crippen MR) is 58.0 cm³/mol. The third-order valence-corrected chi connectivity index (χ3v) is 3.49. The van der Waals surface area contributed by atoms with Crippen molar-refractivity contribution in [3.8, 4) is 0 Å². The lowest BCUT2D eigenvalue weighted by Gasteiger charge is -2.31. The van der Waals surface area contributed by atoms with Gasteiger partial charge in [-0.25, -0.2) is 4.68 Å². The zero-order valence-electron chi connectivity index (χ0n) is 8.42. The van der Waals surface area contributed by atoms with Gasteiger partial charge in [-0.15, -0.1) is 0 Å². The topological polar surface area (TPSA) is 59.6 Å². The molecule has 0 unspecified atom stereocenters. The van der Waals surface area contributed by atoms with Crippen molar-refractivity contribution in [2.45, 2.75) is 44.4 Å². The van der Waals surface area contributed by atoms with Gasteiger partial charge in [-0.1, -0.05) is 26.2 Å². The molecule has 78 valence electrons. The Hall–Kier alpha value is -0.840. The van der Waals surface area contributed by atoms with E-state index < -0.39 is 0 Å². The Morgan fingerprint density at radius 1 is 1.43 bits per heavy atom. The summed E-state index contributed by atoms with van der Waals surface area (Å²) < 4.78 is 2.02. The molecule has 0 spiro atoms. The molecule has 0 atom stereocenters. The second-order valence-electron chi connectivity index (χ2n) is 4.34. The fourth-order valence-corrected chi connectivity index (χ4v) is 2.42. The van der Waals surface area contributed by atoms with Crippen molar-refractivity contribution in [3.05, 3.63) is 10.6 Å². The zero-order valence-corrected chi connectivity index (χ0v) is 9.23. The normalized spacial score (nSPS) is 20.9. The highest BCUT2D eigenvalue weighted by molar-refractivity contribution is 7.71. The molecule has 1 aromatic rings. The van der Waals surface area contributed by atoms with Crippen LogP contribution in [0, 0.1) is 4.77 Å². The second-order valence-corrected chi connectivity index (χ2v) is 4.73. The molecule has 5 heteroatoms. The van der Waals surface area contributed by atoms with Crippen LogP contribution in [0.4, 0.5) is 0 Å². The highest BCUT2D eigenvalue weighted by Crippen LogP contribution is 2.37. The van der Waals surface area contributed by atoms with E-state index in [4.69, 9.17) is 18.1 Å². The molecule has 3 N–H and O–H groups in total. The summed E-state index contributed by atoms with van der Waals surface area (Å²) in [6, 6.07) is 0. The molecule has 4 nitrogen and oxygen atoms in total. The molecule has 1 aliphatic rings. The molecule has 0 bridgehead atoms. The lowest BCUT2D eigenvalue weighted by atomic mass is 9.75. The Morgan fingerprint density at radius 3 is 2.57 bits per heavy atom. The first-order valence-corrected chi connectivity index (χ1v) is 5.47. The van der Waals surface area contributed by atoms with Crippen LogP contribution >= 0.6 is 12.2 Å². The molecule has 0 aliphatic heterocycles. The minimum Gasteiger partial charge on any atom is -0.335 e. The van der Waals surface area contributed by atoms with Gasteiger partial charge in [0.15, 0.2) is 5.82 Å². The van der Waals surface area contributed by atoms with E-state index >= 15 is 0 Å². The van der Waals surface area contributed by atoms with Gasteiger partial charge in [0.2, 0.25) is 4.77 Å². The van der Waals surface area contributed by atoms with Crippen LogP contribution in [0.1, 0.15) is 44.9 Å². The number of hydrogen-bond donors (Lipinski definition) is 2. The molecule has 2 rings (SSSR count). The number of H-pyrrole nitrogens is 1. The molecule has 0 saturated heterocycles. The summed E-state index contributed by atoms with van der Waals surface area (Å²) in [4.78, 5) is 0. The second kappa shape index (κ2) is 3.38. The van der Waals surface area contributed by atoms with E-state index in [9.17, 15) is 0 Å². The Kier molecular flexibility index (Phi) is 2.34. The summed E-state index contributed by atoms with van der Waals surface area (Å²) >= 11 is 5.01. The number of aromatic amines is 1. The third-order valence-electron chi connectivity index (χ3n) is 3.20. The Labute approximate surface area is 88.5 Å². The average Bonchev–Trinajstić information content (AvgIpc) is 2.49. The first-order chi connectivity index (χ1) is 6.63. The largest absolute Gasteiger partial charge is 0.335 e. The number of nitrogen functional groups attached to an aromatic ring is 1. The van der Waals surface area contributed by atoms with Crippen molar-refractivity contribution in [2.75, 3.05) is 5.84 Å². The summed E-state index contributed by atoms with van der Waals surface area (Å²) in [6.45, 7) is 2.22. The van der Waals surface area contributed by atoms with Crippen LogP contribution in [0.5, 0.6) is 0 Å². The van der Waals surface area contributed by atoms with E-state index in [0.717, 1.165) is 18.7 Å². The molecular weight excluding hydrogens is 196 g/mol. The van der Waals surface area contributed by atoms with Crippen LogP contribution in [0.15, 0.2) is 0 Å². The average molecular weight is 212 g/mol. The fraction of sp³-hybridized carbons (Fsp3) is 0.778. The molecule has 0 amide bonds. The van der Waals surface area contributed by atoms with E-state index in [-0.39, 0.29) is 5.41 Å². The number of nitrogens with one attached hydrogen (secondary N) is 1. The number of hydrogen-bond acceptors (Lipinski definition) is 3. The number of nitrogens with two attached hydrogens (primary N) is 1. The van der Waals surface area contributed by atoms with Crippen molar-refractivity contribution in [3.63, 3.8) is 0 Å². The van der Waals surface area contributed by atoms with Gasteiger partial charge < -0.3 is 5.84 Å². The maximum absolute atomic E-state index is 5.84. The molecule has 1 aliphatic carbocycles. The van der Waals surface area contributed by atoms with Crippen molar-refractivity contribution < 1.29 is 0 Å². The summed E-state index contributed by atoms with van der Waals surface area (Å²) in [5, 5.41) is 6.98. The van der Waals surface area contributed by atoms with Gasteiger partial charge in [0.1, 0.15) is 0 Å². The van der Waals surface area contributed by atoms with Gasteiger partial charge >= 0.3 is 0 Å². The van der Waals surface area contributed by atoms with E-state index in [2.05, 4.69) is 17.1 Å². The molecular formula is C9H16N4S. The highest BCUT2D eigenvalue weighted by atomic mass is 32.1. The van der Waals surface area contributed by atoms with Crippen LogP contribution in [0.25, 0.3) is 0 Å². The van der Waals surface area contributed by atoms with Crippen molar-refractivity contribution in [2.24, 2.45) is 0 Å². The first kappa shape index (κ1) is 9.71. The minimum absolute atomic E-state index is 0.112. The van der Waals surface area contributed by atoms with Crippen LogP contribution in [0.2, 0.25) is 0 Å². The van der Waals surface area contributed by atoms with Crippen molar-refractivity contribution in [1.29, 1.82) is 0 Å². The number of aromatic nitrogens is 3. The summed E-state index contributed by atoms with van der Waals surface area (Å²) in [5.41, 5.74) is 0.112. The Balaban J connectivity index is 2.37. The quantitative estimate of drug-likeness (QED) is 0.552. The van der Waals surface area contributed by atoms with Gasteiger partial charge in [0.05, 0.1) is 0 Å². The summed E-state index contributed by atoms with van der Waals surface area (Å²) in [6.07, 6.45) is 6.16. The summed E-state index contributed by atoms with van der Waals surface area (Å²) in [5.74, 6) is 6.74. The van der Waals surface area contributed by atoms with Gasteiger partial charge in [-0.05, 0) is 25.1 Å². The minimum atomic E-state index is 0.112. The maximum atomic E-state index is 5.84. The molecule has 14 heavy (non-hydrogen) atoms. The molecule has 1 heterocycles. The highest BCUT2D eigenvalue weighted by Gasteiger charge is 2.33. The van der Waals surface area contributed by atoms with Crippen LogP contribution in [-0.2, 0) is 5.41 Å². The summed E-state index contributed by atoms with van der Waals surface area (Å²) in [7, 11) is 0. The van der Waals surface area contributed by atoms with Crippen molar-refractivity contribution in [1.82, 2.24) is 14.9 Å². The van der Waals surface area contributed by atoms with Crippen LogP contribution in [-0.4, -0.2) is 14.9 Å². The third kappa shape index (κ3) is 1.45. The van der Waals surface area contributed by atoms with E-state index in [1.165, 1.54) is 23.9 Å². The molecule has 0 aromatic carbocycles. The smallest absolute Gasteiger partial charge is 0.214 e. The Morgan fingerprint density at radius 2 is 2.07 bits per heavy atom. The fourth-order valence-electron chi connectivity index (χ4n) is 2.29. The number of nitrogens with zero attached hydrogens (tertiary/aromatic N) is 2. The Bertz CT molecular complexity index is 372. The van der Waals surface area contributed by atoms with Crippen LogP contribution in [0.3, 0.4) is 0 Å². The lowest BCUT2D eigenvalue weighted by molar-refractivity contribution is 0.298. The van der Waals surface area contributed by atoms with Gasteiger partial charge in [0.25, 0.3) is 0 Å².